The number of aryl methyl sites for hydroxylation is 1. The highest BCUT2D eigenvalue weighted by Gasteiger charge is 2.03. The Labute approximate surface area is 100 Å². The molecular formula is C10H17N3S2. The summed E-state index contributed by atoms with van der Waals surface area (Å²) < 4.78 is 2.06. The molecule has 0 fully saturated rings. The van der Waals surface area contributed by atoms with Crippen molar-refractivity contribution in [1.82, 2.24) is 9.47 Å². The van der Waals surface area contributed by atoms with Crippen molar-refractivity contribution in [1.29, 1.82) is 0 Å². The van der Waals surface area contributed by atoms with Crippen LogP contribution in [0.2, 0.25) is 0 Å². The number of hydrogen-bond donors (Lipinski definition) is 0. The predicted octanol–water partition coefficient (Wildman–Crippen LogP) is 1.92. The second kappa shape index (κ2) is 5.42. The first-order valence-electron chi connectivity index (χ1n) is 5.04. The van der Waals surface area contributed by atoms with Gasteiger partial charge in [0.15, 0.2) is 9.91 Å². The van der Waals surface area contributed by atoms with Crippen molar-refractivity contribution >= 4 is 28.7 Å². The Morgan fingerprint density at radius 1 is 1.53 bits per heavy atom. The van der Waals surface area contributed by atoms with Crippen LogP contribution in [0.15, 0.2) is 10.4 Å². The van der Waals surface area contributed by atoms with E-state index in [9.17, 15) is 0 Å². The molecule has 1 heterocycles. The molecule has 0 unspecified atom stereocenters. The molecule has 15 heavy (non-hydrogen) atoms. The van der Waals surface area contributed by atoms with Crippen LogP contribution in [0.5, 0.6) is 0 Å². The summed E-state index contributed by atoms with van der Waals surface area (Å²) in [5.41, 5.74) is 1.21. The maximum Gasteiger partial charge on any atom is 0.198 e. The summed E-state index contributed by atoms with van der Waals surface area (Å²) in [6.07, 6.45) is 0. The third kappa shape index (κ3) is 2.89. The fraction of sp³-hybridized carbons (Fsp3) is 0.600. The highest BCUT2D eigenvalue weighted by atomic mass is 32.1. The second-order valence-electron chi connectivity index (χ2n) is 3.29. The van der Waals surface area contributed by atoms with Crippen molar-refractivity contribution < 1.29 is 0 Å². The van der Waals surface area contributed by atoms with E-state index in [4.69, 9.17) is 12.2 Å². The molecule has 1 aromatic heterocycles. The quantitative estimate of drug-likeness (QED) is 0.740. The van der Waals surface area contributed by atoms with Gasteiger partial charge in [-0.3, -0.25) is 0 Å². The van der Waals surface area contributed by atoms with Crippen molar-refractivity contribution in [3.05, 3.63) is 15.9 Å². The van der Waals surface area contributed by atoms with E-state index < -0.39 is 0 Å². The zero-order valence-corrected chi connectivity index (χ0v) is 11.3. The van der Waals surface area contributed by atoms with Crippen molar-refractivity contribution in [2.24, 2.45) is 12.0 Å². The van der Waals surface area contributed by atoms with E-state index in [0.29, 0.717) is 5.11 Å². The lowest BCUT2D eigenvalue weighted by atomic mass is 10.5. The van der Waals surface area contributed by atoms with Crippen molar-refractivity contribution in [3.63, 3.8) is 0 Å². The Kier molecular flexibility index (Phi) is 4.47. The molecule has 0 aromatic carbocycles. The summed E-state index contributed by atoms with van der Waals surface area (Å²) in [7, 11) is 2.01. The molecule has 0 radical (unpaired) electrons. The summed E-state index contributed by atoms with van der Waals surface area (Å²) in [5, 5.41) is 2.77. The highest BCUT2D eigenvalue weighted by molar-refractivity contribution is 7.80. The van der Waals surface area contributed by atoms with Gasteiger partial charge in [0, 0.05) is 31.2 Å². The zero-order chi connectivity index (χ0) is 11.4. The monoisotopic (exact) mass is 243 g/mol. The largest absolute Gasteiger partial charge is 0.348 e. The summed E-state index contributed by atoms with van der Waals surface area (Å²) in [4.78, 5) is 7.50. The molecule has 0 N–H and O–H groups in total. The van der Waals surface area contributed by atoms with Gasteiger partial charge in [-0.25, -0.2) is 0 Å². The van der Waals surface area contributed by atoms with Gasteiger partial charge in [-0.1, -0.05) is 0 Å². The van der Waals surface area contributed by atoms with E-state index in [-0.39, 0.29) is 0 Å². The smallest absolute Gasteiger partial charge is 0.198 e. The lowest BCUT2D eigenvalue weighted by molar-refractivity contribution is 0.468. The molecule has 0 atom stereocenters. The van der Waals surface area contributed by atoms with Crippen LogP contribution >= 0.6 is 23.6 Å². The van der Waals surface area contributed by atoms with Gasteiger partial charge in [0.2, 0.25) is 0 Å². The third-order valence-electron chi connectivity index (χ3n) is 2.38. The van der Waals surface area contributed by atoms with E-state index in [1.54, 1.807) is 11.3 Å². The summed E-state index contributed by atoms with van der Waals surface area (Å²) in [6.45, 7) is 8.06. The molecule has 0 aliphatic carbocycles. The van der Waals surface area contributed by atoms with E-state index >= 15 is 0 Å². The van der Waals surface area contributed by atoms with Crippen LogP contribution in [0.1, 0.15) is 19.5 Å². The van der Waals surface area contributed by atoms with Gasteiger partial charge in [0.1, 0.15) is 0 Å². The molecule has 0 aliphatic rings. The Bertz CT molecular complexity index is 399. The van der Waals surface area contributed by atoms with E-state index in [1.807, 2.05) is 7.05 Å². The maximum absolute atomic E-state index is 5.28. The number of thiazole rings is 1. The van der Waals surface area contributed by atoms with Crippen LogP contribution in [-0.2, 0) is 7.05 Å². The fourth-order valence-corrected chi connectivity index (χ4v) is 2.47. The van der Waals surface area contributed by atoms with Crippen LogP contribution in [0, 0.1) is 6.92 Å². The topological polar surface area (TPSA) is 20.5 Å². The fourth-order valence-electron chi connectivity index (χ4n) is 1.19. The Morgan fingerprint density at radius 3 is 2.53 bits per heavy atom. The first kappa shape index (κ1) is 12.4. The molecule has 0 aliphatic heterocycles. The predicted molar refractivity (Wildman–Crippen MR) is 69.1 cm³/mol. The summed E-state index contributed by atoms with van der Waals surface area (Å²) >= 11 is 6.90. The average Bonchev–Trinajstić information content (AvgIpc) is 2.52. The molecule has 0 bridgehead atoms. The minimum absolute atomic E-state index is 0.678. The van der Waals surface area contributed by atoms with Crippen molar-refractivity contribution in [3.8, 4) is 0 Å². The Morgan fingerprint density at radius 2 is 2.13 bits per heavy atom. The maximum atomic E-state index is 5.28. The lowest BCUT2D eigenvalue weighted by Crippen LogP contribution is -2.29. The van der Waals surface area contributed by atoms with Crippen LogP contribution < -0.4 is 4.80 Å². The standard InChI is InChI=1S/C10H17N3S2/c1-5-13(6-2)9(14)11-10-12(4)8(3)7-15-10/h7H,5-6H2,1-4H3/b11-10+. The van der Waals surface area contributed by atoms with Gasteiger partial charge in [-0.05, 0) is 33.0 Å². The summed E-state index contributed by atoms with van der Waals surface area (Å²) in [5.74, 6) is 0. The van der Waals surface area contributed by atoms with Crippen molar-refractivity contribution in [2.45, 2.75) is 20.8 Å². The molecular weight excluding hydrogens is 226 g/mol. The first-order valence-corrected chi connectivity index (χ1v) is 6.33. The van der Waals surface area contributed by atoms with Gasteiger partial charge in [0.05, 0.1) is 0 Å². The first-order chi connectivity index (χ1) is 7.10. The normalized spacial score (nSPS) is 11.9. The minimum Gasteiger partial charge on any atom is -0.348 e. The molecule has 0 amide bonds. The van der Waals surface area contributed by atoms with Crippen molar-refractivity contribution in [2.75, 3.05) is 13.1 Å². The van der Waals surface area contributed by atoms with E-state index in [1.165, 1.54) is 5.69 Å². The Hall–Kier alpha value is -0.680. The molecule has 1 rings (SSSR count). The molecule has 84 valence electrons. The molecule has 5 heteroatoms. The Balaban J connectivity index is 2.97. The number of rotatable bonds is 2. The van der Waals surface area contributed by atoms with E-state index in [2.05, 4.69) is 40.6 Å². The summed E-state index contributed by atoms with van der Waals surface area (Å²) in [6, 6.07) is 0. The number of nitrogens with zero attached hydrogens (tertiary/aromatic N) is 3. The van der Waals surface area contributed by atoms with Crippen LogP contribution in [0.4, 0.5) is 0 Å². The van der Waals surface area contributed by atoms with Crippen LogP contribution in [0.25, 0.3) is 0 Å². The highest BCUT2D eigenvalue weighted by Crippen LogP contribution is 1.98. The molecule has 0 spiro atoms. The second-order valence-corrected chi connectivity index (χ2v) is 4.49. The van der Waals surface area contributed by atoms with Crippen LogP contribution in [0.3, 0.4) is 0 Å². The SMILES string of the molecule is CCN(CC)C(=S)/N=c1/scc(C)n1C. The molecule has 3 nitrogen and oxygen atoms in total. The van der Waals surface area contributed by atoms with Gasteiger partial charge < -0.3 is 9.47 Å². The number of hydrogen-bond acceptors (Lipinski definition) is 2. The lowest BCUT2D eigenvalue weighted by Gasteiger charge is -2.17. The average molecular weight is 243 g/mol. The van der Waals surface area contributed by atoms with Gasteiger partial charge in [-0.2, -0.15) is 4.99 Å². The van der Waals surface area contributed by atoms with Gasteiger partial charge >= 0.3 is 0 Å². The molecule has 1 aromatic rings. The number of thiocarbonyl (C=S) groups is 1. The minimum atomic E-state index is 0.678. The zero-order valence-electron chi connectivity index (χ0n) is 9.65. The van der Waals surface area contributed by atoms with Crippen LogP contribution in [-0.4, -0.2) is 27.7 Å². The van der Waals surface area contributed by atoms with Gasteiger partial charge in [-0.15, -0.1) is 11.3 Å². The third-order valence-corrected chi connectivity index (χ3v) is 3.76. The number of aromatic nitrogens is 1. The van der Waals surface area contributed by atoms with Gasteiger partial charge in [0.25, 0.3) is 0 Å². The molecule has 0 saturated carbocycles. The van der Waals surface area contributed by atoms with E-state index in [0.717, 1.165) is 17.9 Å². The molecule has 0 saturated heterocycles.